The Bertz CT molecular complexity index is 160. The number of likely N-dealkylation sites (tertiary alicyclic amines) is 1. The number of nitrogens with zero attached hydrogens (tertiary/aromatic N) is 1. The van der Waals surface area contributed by atoms with E-state index in [2.05, 4.69) is 6.92 Å². The van der Waals surface area contributed by atoms with E-state index in [1.54, 1.807) is 0 Å². The number of nitrogens with one attached hydrogen (secondary N) is 1. The van der Waals surface area contributed by atoms with Crippen LogP contribution in [0.3, 0.4) is 0 Å². The van der Waals surface area contributed by atoms with E-state index < -0.39 is 0 Å². The highest BCUT2D eigenvalue weighted by atomic mass is 15.1. The molecule has 1 N–H and O–H groups in total. The molecule has 0 aromatic heterocycles. The molecule has 1 aliphatic rings. The van der Waals surface area contributed by atoms with Crippen LogP contribution < -0.4 is 4.90 Å². The summed E-state index contributed by atoms with van der Waals surface area (Å²) in [5.41, 5.74) is 0. The fraction of sp³-hybridized carbons (Fsp3) is 0.933. The minimum Gasteiger partial charge on any atom is -0.512 e. The molecule has 0 bridgehead atoms. The molecule has 1 fully saturated rings. The SMILES string of the molecule is CCCCCCCCCC[NH+]1CCCC1.[C-]#N. The van der Waals surface area contributed by atoms with Gasteiger partial charge in [0, 0.05) is 12.8 Å². The summed E-state index contributed by atoms with van der Waals surface area (Å²) in [4.78, 5) is 1.88. The Morgan fingerprint density at radius 2 is 1.29 bits per heavy atom. The highest BCUT2D eigenvalue weighted by Crippen LogP contribution is 2.07. The average molecular weight is 238 g/mol. The molecule has 1 aliphatic heterocycles. The highest BCUT2D eigenvalue weighted by Gasteiger charge is 2.13. The van der Waals surface area contributed by atoms with E-state index in [-0.39, 0.29) is 0 Å². The summed E-state index contributed by atoms with van der Waals surface area (Å²) in [6.45, 7) is 11.4. The summed E-state index contributed by atoms with van der Waals surface area (Å²) < 4.78 is 0. The van der Waals surface area contributed by atoms with Gasteiger partial charge >= 0.3 is 0 Å². The molecule has 2 heteroatoms. The molecule has 0 aliphatic carbocycles. The molecular weight excluding hydrogens is 208 g/mol. The van der Waals surface area contributed by atoms with Crippen molar-refractivity contribution in [1.29, 1.82) is 5.26 Å². The summed E-state index contributed by atoms with van der Waals surface area (Å²) >= 11 is 0. The second-order valence-electron chi connectivity index (χ2n) is 5.18. The number of hydrogen-bond donors (Lipinski definition) is 1. The lowest BCUT2D eigenvalue weighted by molar-refractivity contribution is -0.887. The molecular formula is C15H30N2. The Morgan fingerprint density at radius 1 is 0.824 bits per heavy atom. The zero-order chi connectivity index (χ0) is 12.8. The molecule has 100 valence electrons. The van der Waals surface area contributed by atoms with Crippen molar-refractivity contribution >= 4 is 0 Å². The molecule has 0 saturated carbocycles. The maximum atomic E-state index is 6.25. The zero-order valence-corrected chi connectivity index (χ0v) is 11.6. The number of rotatable bonds is 9. The van der Waals surface area contributed by atoms with Gasteiger partial charge in [0.15, 0.2) is 0 Å². The lowest BCUT2D eigenvalue weighted by Crippen LogP contribution is -3.09. The molecule has 1 rings (SSSR count). The summed E-state index contributed by atoms with van der Waals surface area (Å²) in [7, 11) is 0. The molecule has 17 heavy (non-hydrogen) atoms. The summed E-state index contributed by atoms with van der Waals surface area (Å²) in [6.07, 6.45) is 14.6. The second-order valence-corrected chi connectivity index (χ2v) is 5.18. The first-order chi connectivity index (χ1) is 8.43. The molecule has 1 saturated heterocycles. The third kappa shape index (κ3) is 10.3. The maximum Gasteiger partial charge on any atom is 0.0773 e. The first-order valence-corrected chi connectivity index (χ1v) is 7.49. The van der Waals surface area contributed by atoms with E-state index >= 15 is 0 Å². The van der Waals surface area contributed by atoms with Gasteiger partial charge < -0.3 is 16.7 Å². The van der Waals surface area contributed by atoms with Gasteiger partial charge in [0.25, 0.3) is 0 Å². The minimum absolute atomic E-state index is 1.37. The van der Waals surface area contributed by atoms with Crippen LogP contribution in [0.1, 0.15) is 71.1 Å². The van der Waals surface area contributed by atoms with Gasteiger partial charge in [-0.2, -0.15) is 0 Å². The van der Waals surface area contributed by atoms with Gasteiger partial charge in [0.1, 0.15) is 0 Å². The van der Waals surface area contributed by atoms with Crippen LogP contribution in [-0.2, 0) is 0 Å². The van der Waals surface area contributed by atoms with Crippen LogP contribution in [0.4, 0.5) is 0 Å². The minimum atomic E-state index is 1.37. The van der Waals surface area contributed by atoms with Crippen molar-refractivity contribution in [3.8, 4) is 0 Å². The van der Waals surface area contributed by atoms with Crippen molar-refractivity contribution in [3.05, 3.63) is 6.57 Å². The Labute approximate surface area is 108 Å². The predicted molar refractivity (Wildman–Crippen MR) is 72.4 cm³/mol. The molecule has 0 atom stereocenters. The van der Waals surface area contributed by atoms with Gasteiger partial charge in [-0.05, 0) is 12.8 Å². The van der Waals surface area contributed by atoms with Crippen LogP contribution >= 0.6 is 0 Å². The van der Waals surface area contributed by atoms with Gasteiger partial charge in [0.2, 0.25) is 0 Å². The third-order valence-corrected chi connectivity index (χ3v) is 3.69. The Kier molecular flexibility index (Phi) is 13.1. The van der Waals surface area contributed by atoms with E-state index in [0.29, 0.717) is 0 Å². The second kappa shape index (κ2) is 13.5. The summed E-state index contributed by atoms with van der Waals surface area (Å²) in [6, 6.07) is 0. The highest BCUT2D eigenvalue weighted by molar-refractivity contribution is 4.48. The van der Waals surface area contributed by atoms with Gasteiger partial charge in [-0.25, -0.2) is 0 Å². The van der Waals surface area contributed by atoms with Crippen molar-refractivity contribution in [2.45, 2.75) is 71.1 Å². The Morgan fingerprint density at radius 3 is 1.82 bits per heavy atom. The maximum absolute atomic E-state index is 6.25. The van der Waals surface area contributed by atoms with Crippen LogP contribution in [0.2, 0.25) is 0 Å². The van der Waals surface area contributed by atoms with Crippen LogP contribution in [0.15, 0.2) is 0 Å². The van der Waals surface area contributed by atoms with Crippen molar-refractivity contribution in [2.24, 2.45) is 0 Å². The summed E-state index contributed by atoms with van der Waals surface area (Å²) in [5, 5.41) is 6.25. The average Bonchev–Trinajstić information content (AvgIpc) is 2.88. The Balaban J connectivity index is 0.00000121. The number of hydrogen-bond acceptors (Lipinski definition) is 1. The molecule has 0 aromatic carbocycles. The molecule has 0 aromatic rings. The molecule has 1 heterocycles. The number of unbranched alkanes of at least 4 members (excludes halogenated alkanes) is 7. The first kappa shape index (κ1) is 16.4. The molecule has 0 unspecified atom stereocenters. The Hall–Kier alpha value is -0.550. The van der Waals surface area contributed by atoms with E-state index in [1.807, 2.05) is 4.90 Å². The zero-order valence-electron chi connectivity index (χ0n) is 11.6. The summed E-state index contributed by atoms with van der Waals surface area (Å²) in [5.74, 6) is 0. The van der Waals surface area contributed by atoms with Gasteiger partial charge in [-0.3, -0.25) is 0 Å². The molecule has 0 spiro atoms. The monoisotopic (exact) mass is 238 g/mol. The standard InChI is InChI=1S/C14H29N.CN/c1-2-3-4-5-6-7-8-9-12-15-13-10-11-14-15;1-2/h2-14H2,1H3;/q;-1/p+1. The fourth-order valence-electron chi connectivity index (χ4n) is 2.63. The van der Waals surface area contributed by atoms with E-state index in [1.165, 1.54) is 83.8 Å². The molecule has 2 nitrogen and oxygen atoms in total. The van der Waals surface area contributed by atoms with Crippen LogP contribution in [0.25, 0.3) is 0 Å². The first-order valence-electron chi connectivity index (χ1n) is 7.49. The van der Waals surface area contributed by atoms with Crippen molar-refractivity contribution < 1.29 is 4.90 Å². The van der Waals surface area contributed by atoms with Crippen molar-refractivity contribution in [3.63, 3.8) is 0 Å². The molecule has 0 radical (unpaired) electrons. The van der Waals surface area contributed by atoms with E-state index in [4.69, 9.17) is 11.8 Å². The topological polar surface area (TPSA) is 28.2 Å². The fourth-order valence-corrected chi connectivity index (χ4v) is 2.63. The van der Waals surface area contributed by atoms with Gasteiger partial charge in [0.05, 0.1) is 19.6 Å². The predicted octanol–water partition coefficient (Wildman–Crippen LogP) is 2.90. The number of quaternary nitrogens is 1. The lowest BCUT2D eigenvalue weighted by atomic mass is 10.1. The van der Waals surface area contributed by atoms with Gasteiger partial charge in [-0.15, -0.1) is 0 Å². The third-order valence-electron chi connectivity index (χ3n) is 3.69. The van der Waals surface area contributed by atoms with Crippen LogP contribution in [0.5, 0.6) is 0 Å². The van der Waals surface area contributed by atoms with Crippen molar-refractivity contribution in [1.82, 2.24) is 0 Å². The van der Waals surface area contributed by atoms with Crippen LogP contribution in [0, 0.1) is 11.8 Å². The van der Waals surface area contributed by atoms with Gasteiger partial charge in [-0.1, -0.05) is 45.4 Å². The van der Waals surface area contributed by atoms with E-state index in [0.717, 1.165) is 0 Å². The molecule has 0 amide bonds. The van der Waals surface area contributed by atoms with Crippen molar-refractivity contribution in [2.75, 3.05) is 19.6 Å². The van der Waals surface area contributed by atoms with E-state index in [9.17, 15) is 0 Å². The quantitative estimate of drug-likeness (QED) is 0.485. The lowest BCUT2D eigenvalue weighted by Gasteiger charge is -2.11. The van der Waals surface area contributed by atoms with Crippen LogP contribution in [-0.4, -0.2) is 19.6 Å². The largest absolute Gasteiger partial charge is 0.512 e. The smallest absolute Gasteiger partial charge is 0.0773 e. The normalized spacial score (nSPS) is 15.5.